The summed E-state index contributed by atoms with van der Waals surface area (Å²) >= 11 is 7.79. The van der Waals surface area contributed by atoms with Crippen LogP contribution in [0, 0.1) is 9.39 Å². The molecule has 0 atom stereocenters. The minimum absolute atomic E-state index is 0.0648. The molecule has 0 aliphatic carbocycles. The van der Waals surface area contributed by atoms with E-state index < -0.39 is 11.4 Å². The largest absolute Gasteiger partial charge is 0.444 e. The second kappa shape index (κ2) is 8.07. The topological polar surface area (TPSA) is 58.6 Å². The Hall–Kier alpha value is -1.09. The number of halogens is 3. The van der Waals surface area contributed by atoms with Crippen LogP contribution in [0.25, 0.3) is 0 Å². The molecule has 2 rings (SSSR count). The van der Waals surface area contributed by atoms with Crippen molar-refractivity contribution in [3.8, 4) is 0 Å². The zero-order valence-electron chi connectivity index (χ0n) is 14.4. The van der Waals surface area contributed by atoms with Crippen LogP contribution in [0.4, 0.5) is 9.18 Å². The lowest BCUT2D eigenvalue weighted by molar-refractivity contribution is 0.0199. The van der Waals surface area contributed by atoms with Gasteiger partial charge in [-0.15, -0.1) is 0 Å². The summed E-state index contributed by atoms with van der Waals surface area (Å²) < 4.78 is 19.1. The first-order chi connectivity index (χ1) is 11.6. The van der Waals surface area contributed by atoms with Crippen molar-refractivity contribution >= 4 is 46.2 Å². The Morgan fingerprint density at radius 3 is 2.48 bits per heavy atom. The predicted molar refractivity (Wildman–Crippen MR) is 102 cm³/mol. The molecule has 1 heterocycles. The highest BCUT2D eigenvalue weighted by Crippen LogP contribution is 2.23. The van der Waals surface area contributed by atoms with Crippen molar-refractivity contribution in [3.05, 3.63) is 32.1 Å². The summed E-state index contributed by atoms with van der Waals surface area (Å²) in [5.74, 6) is -0.786. The molecule has 5 nitrogen and oxygen atoms in total. The van der Waals surface area contributed by atoms with Crippen LogP contribution in [0.15, 0.2) is 12.1 Å². The summed E-state index contributed by atoms with van der Waals surface area (Å²) in [5.41, 5.74) is -0.277. The molecular formula is C17H21ClFIN2O3. The third-order valence-electron chi connectivity index (χ3n) is 3.74. The molecule has 1 aliphatic heterocycles. The third kappa shape index (κ3) is 5.70. The number of likely N-dealkylation sites (tertiary alicyclic amines) is 1. The molecule has 0 aromatic heterocycles. The lowest BCUT2D eigenvalue weighted by Gasteiger charge is -2.33. The molecule has 0 saturated carbocycles. The molecule has 8 heteroatoms. The van der Waals surface area contributed by atoms with Crippen LogP contribution >= 0.6 is 34.2 Å². The monoisotopic (exact) mass is 482 g/mol. The van der Waals surface area contributed by atoms with E-state index in [4.69, 9.17) is 16.3 Å². The quantitative estimate of drug-likeness (QED) is 0.507. The summed E-state index contributed by atoms with van der Waals surface area (Å²) in [6.07, 6.45) is 0.912. The Bertz CT molecular complexity index is 671. The number of ether oxygens (including phenoxy) is 1. The molecule has 0 bridgehead atoms. The van der Waals surface area contributed by atoms with Crippen molar-refractivity contribution in [3.63, 3.8) is 0 Å². The van der Waals surface area contributed by atoms with E-state index in [0.717, 1.165) is 6.07 Å². The molecule has 1 fully saturated rings. The average Bonchev–Trinajstić information content (AvgIpc) is 2.49. The highest BCUT2D eigenvalue weighted by molar-refractivity contribution is 14.1. The maximum atomic E-state index is 13.4. The van der Waals surface area contributed by atoms with E-state index in [9.17, 15) is 14.0 Å². The van der Waals surface area contributed by atoms with E-state index in [-0.39, 0.29) is 28.6 Å². The van der Waals surface area contributed by atoms with Gasteiger partial charge in [0.1, 0.15) is 11.4 Å². The van der Waals surface area contributed by atoms with E-state index >= 15 is 0 Å². The third-order valence-corrected chi connectivity index (χ3v) is 4.88. The predicted octanol–water partition coefficient (Wildman–Crippen LogP) is 4.21. The molecule has 25 heavy (non-hydrogen) atoms. The van der Waals surface area contributed by atoms with Gasteiger partial charge < -0.3 is 15.0 Å². The number of benzene rings is 1. The van der Waals surface area contributed by atoms with Crippen LogP contribution in [0.5, 0.6) is 0 Å². The Morgan fingerprint density at radius 1 is 1.32 bits per heavy atom. The minimum Gasteiger partial charge on any atom is -0.444 e. The highest BCUT2D eigenvalue weighted by Gasteiger charge is 2.28. The summed E-state index contributed by atoms with van der Waals surface area (Å²) in [5, 5.41) is 2.99. The number of carbonyl (C=O) groups is 2. The lowest BCUT2D eigenvalue weighted by Crippen LogP contribution is -2.47. The smallest absolute Gasteiger partial charge is 0.410 e. The van der Waals surface area contributed by atoms with Crippen LogP contribution in [0.2, 0.25) is 5.02 Å². The van der Waals surface area contributed by atoms with Gasteiger partial charge in [-0.1, -0.05) is 11.6 Å². The zero-order chi connectivity index (χ0) is 18.8. The number of hydrogen-bond donors (Lipinski definition) is 1. The summed E-state index contributed by atoms with van der Waals surface area (Å²) in [7, 11) is 0. The van der Waals surface area contributed by atoms with Gasteiger partial charge in [0.05, 0.1) is 10.6 Å². The number of piperidine rings is 1. The molecule has 1 aromatic carbocycles. The van der Waals surface area contributed by atoms with Gasteiger partial charge in [0.2, 0.25) is 0 Å². The number of rotatable bonds is 2. The number of nitrogens with zero attached hydrogens (tertiary/aromatic N) is 1. The molecule has 0 unspecified atom stereocenters. The standard InChI is InChI=1S/C17H21ClFIN2O3/c1-17(2,3)25-16(24)22-6-4-10(5-7-22)21-15(23)11-8-14(20)13(19)9-12(11)18/h8-10H,4-7H2,1-3H3,(H,21,23). The van der Waals surface area contributed by atoms with E-state index in [1.807, 2.05) is 43.4 Å². The van der Waals surface area contributed by atoms with Crippen LogP contribution in [0.3, 0.4) is 0 Å². The van der Waals surface area contributed by atoms with E-state index in [0.29, 0.717) is 29.5 Å². The van der Waals surface area contributed by atoms with Gasteiger partial charge in [0.25, 0.3) is 5.91 Å². The molecular weight excluding hydrogens is 462 g/mol. The Morgan fingerprint density at radius 2 is 1.92 bits per heavy atom. The van der Waals surface area contributed by atoms with Gasteiger partial charge >= 0.3 is 6.09 Å². The fourth-order valence-corrected chi connectivity index (χ4v) is 3.20. The maximum absolute atomic E-state index is 13.4. The van der Waals surface area contributed by atoms with Crippen LogP contribution < -0.4 is 5.32 Å². The number of carbonyl (C=O) groups excluding carboxylic acids is 2. The molecule has 0 radical (unpaired) electrons. The zero-order valence-corrected chi connectivity index (χ0v) is 17.3. The Kier molecular flexibility index (Phi) is 6.53. The highest BCUT2D eigenvalue weighted by atomic mass is 127. The lowest BCUT2D eigenvalue weighted by atomic mass is 10.0. The number of hydrogen-bond acceptors (Lipinski definition) is 3. The fraction of sp³-hybridized carbons (Fsp3) is 0.529. The van der Waals surface area contributed by atoms with E-state index in [1.54, 1.807) is 4.90 Å². The summed E-state index contributed by atoms with van der Waals surface area (Å²) in [6.45, 7) is 6.49. The van der Waals surface area contributed by atoms with Gasteiger partial charge in [-0.25, -0.2) is 9.18 Å². The maximum Gasteiger partial charge on any atom is 0.410 e. The molecule has 1 N–H and O–H groups in total. The van der Waals surface area contributed by atoms with Crippen molar-refractivity contribution in [2.45, 2.75) is 45.3 Å². The van der Waals surface area contributed by atoms with Crippen LogP contribution in [-0.4, -0.2) is 41.6 Å². The van der Waals surface area contributed by atoms with Gasteiger partial charge in [-0.05, 0) is 68.3 Å². The first kappa shape index (κ1) is 20.2. The molecule has 1 aliphatic rings. The number of amides is 2. The van der Waals surface area contributed by atoms with E-state index in [1.165, 1.54) is 6.07 Å². The first-order valence-corrected chi connectivity index (χ1v) is 9.46. The fourth-order valence-electron chi connectivity index (χ4n) is 2.49. The van der Waals surface area contributed by atoms with Gasteiger partial charge in [0.15, 0.2) is 0 Å². The van der Waals surface area contributed by atoms with Crippen molar-refractivity contribution in [2.24, 2.45) is 0 Å². The van der Waals surface area contributed by atoms with Crippen LogP contribution in [0.1, 0.15) is 44.0 Å². The van der Waals surface area contributed by atoms with Gasteiger partial charge in [0, 0.05) is 22.7 Å². The number of nitrogens with one attached hydrogen (secondary N) is 1. The van der Waals surface area contributed by atoms with Gasteiger partial charge in [-0.3, -0.25) is 4.79 Å². The van der Waals surface area contributed by atoms with Crippen molar-refractivity contribution in [1.29, 1.82) is 0 Å². The van der Waals surface area contributed by atoms with Crippen molar-refractivity contribution < 1.29 is 18.7 Å². The summed E-state index contributed by atoms with van der Waals surface area (Å²) in [6, 6.07) is 2.51. The molecule has 0 spiro atoms. The molecule has 1 saturated heterocycles. The second-order valence-electron chi connectivity index (χ2n) is 6.96. The molecule has 138 valence electrons. The SMILES string of the molecule is CC(C)(C)OC(=O)N1CCC(NC(=O)c2cc(I)c(F)cc2Cl)CC1. The van der Waals surface area contributed by atoms with E-state index in [2.05, 4.69) is 5.32 Å². The molecule has 1 aromatic rings. The van der Waals surface area contributed by atoms with Crippen molar-refractivity contribution in [2.75, 3.05) is 13.1 Å². The Balaban J connectivity index is 1.91. The Labute approximate surface area is 165 Å². The first-order valence-electron chi connectivity index (χ1n) is 8.00. The minimum atomic E-state index is -0.529. The normalized spacial score (nSPS) is 15.8. The van der Waals surface area contributed by atoms with Gasteiger partial charge in [-0.2, -0.15) is 0 Å². The summed E-state index contributed by atoms with van der Waals surface area (Å²) in [4.78, 5) is 26.1. The van der Waals surface area contributed by atoms with Crippen LogP contribution in [-0.2, 0) is 4.74 Å². The average molecular weight is 483 g/mol. The molecule has 2 amide bonds. The second-order valence-corrected chi connectivity index (χ2v) is 8.53. The van der Waals surface area contributed by atoms with Crippen molar-refractivity contribution in [1.82, 2.24) is 10.2 Å².